The summed E-state index contributed by atoms with van der Waals surface area (Å²) in [6.45, 7) is 11.8. The third-order valence-corrected chi connectivity index (χ3v) is 9.11. The van der Waals surface area contributed by atoms with Crippen molar-refractivity contribution >= 4 is 34.0 Å². The molecule has 1 N–H and O–H groups in total. The number of rotatable bonds is 6. The minimum atomic E-state index is -0.481. The summed E-state index contributed by atoms with van der Waals surface area (Å²) in [5.41, 5.74) is 3.32. The molecule has 9 heteroatoms. The van der Waals surface area contributed by atoms with E-state index in [1.165, 1.54) is 29.0 Å². The van der Waals surface area contributed by atoms with Gasteiger partial charge >= 0.3 is 0 Å². The molecular formula is C33H40FN5O2S. The fraction of sp³-hybridized carbons (Fsp3) is 0.424. The molecule has 1 atom stereocenters. The van der Waals surface area contributed by atoms with Crippen molar-refractivity contribution in [2.45, 2.75) is 69.7 Å². The van der Waals surface area contributed by atoms with Gasteiger partial charge in [-0.1, -0.05) is 26.8 Å². The number of hydrogen-bond acceptors (Lipinski definition) is 7. The summed E-state index contributed by atoms with van der Waals surface area (Å²) < 4.78 is 15.6. The maximum atomic E-state index is 13.9. The number of fused-ring (bicyclic) bond motifs is 1. The molecule has 2 aromatic carbocycles. The Bertz CT molecular complexity index is 1660. The average molecular weight is 590 g/mol. The molecule has 0 amide bonds. The van der Waals surface area contributed by atoms with Crippen molar-refractivity contribution in [2.75, 3.05) is 29.3 Å². The highest BCUT2D eigenvalue weighted by molar-refractivity contribution is 7.98. The lowest BCUT2D eigenvalue weighted by molar-refractivity contribution is 0.222. The third kappa shape index (κ3) is 5.77. The van der Waals surface area contributed by atoms with Gasteiger partial charge in [-0.15, -0.1) is 11.8 Å². The first-order valence-electron chi connectivity index (χ1n) is 14.4. The Kier molecular flexibility index (Phi) is 8.36. The zero-order valence-corrected chi connectivity index (χ0v) is 26.3. The summed E-state index contributed by atoms with van der Waals surface area (Å²) in [5.74, 6) is 1.73. The topological polar surface area (TPSA) is 74.5 Å². The van der Waals surface area contributed by atoms with Gasteiger partial charge in [-0.05, 0) is 91.3 Å². The number of benzene rings is 2. The first-order chi connectivity index (χ1) is 19.9. The van der Waals surface area contributed by atoms with E-state index in [0.29, 0.717) is 21.9 Å². The second kappa shape index (κ2) is 11.7. The monoisotopic (exact) mass is 589 g/mol. The molecule has 3 heterocycles. The van der Waals surface area contributed by atoms with Gasteiger partial charge in [0, 0.05) is 48.2 Å². The number of piperidine rings is 1. The van der Waals surface area contributed by atoms with E-state index in [9.17, 15) is 14.4 Å². The van der Waals surface area contributed by atoms with Gasteiger partial charge in [0.2, 0.25) is 0 Å². The zero-order chi connectivity index (χ0) is 30.3. The van der Waals surface area contributed by atoms with Gasteiger partial charge in [0.05, 0.1) is 11.7 Å². The molecule has 1 fully saturated rings. The lowest BCUT2D eigenvalue weighted by Crippen LogP contribution is -2.37. The summed E-state index contributed by atoms with van der Waals surface area (Å²) in [7, 11) is 1.83. The summed E-state index contributed by atoms with van der Waals surface area (Å²) in [6, 6.07) is 9.90. The van der Waals surface area contributed by atoms with Crippen molar-refractivity contribution in [2.24, 2.45) is 7.05 Å². The first-order valence-corrected chi connectivity index (χ1v) is 15.6. The number of aromatic nitrogens is 3. The highest BCUT2D eigenvalue weighted by Gasteiger charge is 2.26. The molecule has 42 heavy (non-hydrogen) atoms. The van der Waals surface area contributed by atoms with Gasteiger partial charge in [-0.3, -0.25) is 14.6 Å². The average Bonchev–Trinajstić information content (AvgIpc) is 2.97. The van der Waals surface area contributed by atoms with Gasteiger partial charge in [0.1, 0.15) is 17.5 Å². The summed E-state index contributed by atoms with van der Waals surface area (Å²) in [5, 5.41) is 13.9. The van der Waals surface area contributed by atoms with Gasteiger partial charge < -0.3 is 4.90 Å². The maximum Gasteiger partial charge on any atom is 0.259 e. The Morgan fingerprint density at radius 2 is 1.74 bits per heavy atom. The Hall–Kier alpha value is -3.43. The van der Waals surface area contributed by atoms with Crippen LogP contribution in [0.1, 0.15) is 75.0 Å². The van der Waals surface area contributed by atoms with Crippen LogP contribution >= 0.6 is 11.8 Å². The molecule has 1 unspecified atom stereocenters. The fourth-order valence-corrected chi connectivity index (χ4v) is 6.48. The van der Waals surface area contributed by atoms with Crippen molar-refractivity contribution in [1.82, 2.24) is 14.5 Å². The third-order valence-electron chi connectivity index (χ3n) is 8.35. The molecular weight excluding hydrogens is 549 g/mol. The zero-order valence-electron chi connectivity index (χ0n) is 25.5. The van der Waals surface area contributed by atoms with Crippen LogP contribution in [0.25, 0.3) is 10.8 Å². The summed E-state index contributed by atoms with van der Waals surface area (Å²) >= 11 is 1.37. The fourth-order valence-electron chi connectivity index (χ4n) is 5.88. The standard InChI is InChI=1S/C33H40FN5O2S/c1-20-14-25(21(2)39(41)28-9-8-24(34)16-29(28)42-7)26-17-30(37(6)31(40)27(26)15-20)38-12-10-22(11-13-38)23-18-35-32(36-19-23)33(3,4)5/h8-9,14-19,21-22,41H,10-13H2,1-7H3. The molecule has 0 aliphatic carbocycles. The van der Waals surface area contributed by atoms with Crippen molar-refractivity contribution < 1.29 is 9.60 Å². The van der Waals surface area contributed by atoms with E-state index >= 15 is 0 Å². The number of thioether (sulfide) groups is 1. The highest BCUT2D eigenvalue weighted by Crippen LogP contribution is 2.37. The van der Waals surface area contributed by atoms with E-state index < -0.39 is 6.04 Å². The minimum Gasteiger partial charge on any atom is -0.358 e. The van der Waals surface area contributed by atoms with E-state index in [-0.39, 0.29) is 16.8 Å². The van der Waals surface area contributed by atoms with Crippen LogP contribution in [-0.4, -0.2) is 39.1 Å². The van der Waals surface area contributed by atoms with Crippen molar-refractivity contribution in [3.8, 4) is 0 Å². The van der Waals surface area contributed by atoms with Crippen molar-refractivity contribution in [3.05, 3.63) is 87.5 Å². The van der Waals surface area contributed by atoms with E-state index in [4.69, 9.17) is 0 Å². The number of pyridine rings is 1. The lowest BCUT2D eigenvalue weighted by Gasteiger charge is -2.35. The van der Waals surface area contributed by atoms with Gasteiger partial charge in [0.25, 0.3) is 5.56 Å². The van der Waals surface area contributed by atoms with Crippen LogP contribution in [0.2, 0.25) is 0 Å². The van der Waals surface area contributed by atoms with Crippen LogP contribution in [0.5, 0.6) is 0 Å². The second-order valence-corrected chi connectivity index (χ2v) is 13.2. The molecule has 4 aromatic rings. The van der Waals surface area contributed by atoms with Crippen LogP contribution < -0.4 is 15.5 Å². The summed E-state index contributed by atoms with van der Waals surface area (Å²) in [4.78, 5) is 25.9. The van der Waals surface area contributed by atoms with Crippen molar-refractivity contribution in [3.63, 3.8) is 0 Å². The molecule has 0 spiro atoms. The Morgan fingerprint density at radius 3 is 2.36 bits per heavy atom. The van der Waals surface area contributed by atoms with E-state index in [1.54, 1.807) is 10.6 Å². The number of hydrogen-bond donors (Lipinski definition) is 1. The Balaban J connectivity index is 1.46. The molecule has 5 rings (SSSR count). The SMILES string of the molecule is CSc1cc(F)ccc1N(O)C(C)c1cc(C)cc2c(=O)n(C)c(N3CCC(c4cnc(C(C)(C)C)nc4)CC3)cc12. The van der Waals surface area contributed by atoms with E-state index in [2.05, 4.69) is 41.7 Å². The van der Waals surface area contributed by atoms with Crippen LogP contribution in [0, 0.1) is 12.7 Å². The number of anilines is 2. The lowest BCUT2D eigenvalue weighted by atomic mass is 9.90. The summed E-state index contributed by atoms with van der Waals surface area (Å²) in [6.07, 6.45) is 7.67. The Labute approximate surface area is 251 Å². The normalized spacial score (nSPS) is 15.3. The van der Waals surface area contributed by atoms with Gasteiger partial charge in [0.15, 0.2) is 0 Å². The Morgan fingerprint density at radius 1 is 1.07 bits per heavy atom. The number of nitrogens with zero attached hydrogens (tertiary/aromatic N) is 5. The van der Waals surface area contributed by atoms with Crippen LogP contribution in [0.4, 0.5) is 15.9 Å². The van der Waals surface area contributed by atoms with E-state index in [1.807, 2.05) is 51.7 Å². The van der Waals surface area contributed by atoms with Gasteiger partial charge in [-0.25, -0.2) is 19.4 Å². The predicted molar refractivity (Wildman–Crippen MR) is 170 cm³/mol. The first kappa shape index (κ1) is 30.0. The van der Waals surface area contributed by atoms with Crippen molar-refractivity contribution in [1.29, 1.82) is 0 Å². The van der Waals surface area contributed by atoms with E-state index in [0.717, 1.165) is 59.7 Å². The molecule has 1 aliphatic heterocycles. The van der Waals surface area contributed by atoms with Gasteiger partial charge in [-0.2, -0.15) is 0 Å². The molecule has 0 bridgehead atoms. The largest absolute Gasteiger partial charge is 0.358 e. The molecule has 222 valence electrons. The highest BCUT2D eigenvalue weighted by atomic mass is 32.2. The molecule has 7 nitrogen and oxygen atoms in total. The van der Waals surface area contributed by atoms with Crippen LogP contribution in [0.3, 0.4) is 0 Å². The second-order valence-electron chi connectivity index (χ2n) is 12.4. The van der Waals surface area contributed by atoms with Crippen LogP contribution in [0.15, 0.2) is 58.5 Å². The quantitative estimate of drug-likeness (QED) is 0.189. The molecule has 0 saturated carbocycles. The molecule has 2 aromatic heterocycles. The number of aryl methyl sites for hydroxylation is 1. The molecule has 1 aliphatic rings. The molecule has 1 saturated heterocycles. The minimum absolute atomic E-state index is 0.0657. The smallest absolute Gasteiger partial charge is 0.259 e. The van der Waals surface area contributed by atoms with Crippen LogP contribution in [-0.2, 0) is 12.5 Å². The predicted octanol–water partition coefficient (Wildman–Crippen LogP) is 7.14. The molecule has 0 radical (unpaired) electrons. The number of hydroxylamine groups is 1. The number of halogens is 1. The maximum absolute atomic E-state index is 13.9.